The monoisotopic (exact) mass is 284 g/mol. The normalized spacial score (nSPS) is 17.0. The van der Waals surface area contributed by atoms with E-state index < -0.39 is 0 Å². The van der Waals surface area contributed by atoms with Gasteiger partial charge in [0.25, 0.3) is 0 Å². The Balaban J connectivity index is 1.82. The third kappa shape index (κ3) is 2.97. The number of aryl methyl sites for hydroxylation is 1. The summed E-state index contributed by atoms with van der Waals surface area (Å²) >= 11 is 0. The van der Waals surface area contributed by atoms with Gasteiger partial charge < -0.3 is 4.74 Å². The van der Waals surface area contributed by atoms with Gasteiger partial charge in [-0.3, -0.25) is 4.79 Å². The van der Waals surface area contributed by atoms with Crippen molar-refractivity contribution in [1.82, 2.24) is 0 Å². The molecule has 2 nitrogen and oxygen atoms in total. The van der Waals surface area contributed by atoms with E-state index in [1.165, 1.54) is 12.1 Å². The lowest BCUT2D eigenvalue weighted by Crippen LogP contribution is -2.17. The Hall–Kier alpha value is -2.16. The molecular formula is C18H17FO2. The Labute approximate surface area is 123 Å². The lowest BCUT2D eigenvalue weighted by molar-refractivity contribution is 0.0965. The van der Waals surface area contributed by atoms with Gasteiger partial charge in [0.15, 0.2) is 5.78 Å². The first kappa shape index (κ1) is 13.8. The smallest absolute Gasteiger partial charge is 0.163 e. The SMILES string of the molecule is Cc1cc(F)cc(C(=O)CC2CCOc3ccccc32)c1. The molecule has 0 amide bonds. The van der Waals surface area contributed by atoms with E-state index in [9.17, 15) is 9.18 Å². The number of halogens is 1. The predicted octanol–water partition coefficient (Wildman–Crippen LogP) is 4.27. The number of Topliss-reactive ketones (excluding diaryl/α,β-unsaturated/α-hetero) is 1. The second-order valence-electron chi connectivity index (χ2n) is 5.52. The molecular weight excluding hydrogens is 267 g/mol. The van der Waals surface area contributed by atoms with Crippen molar-refractivity contribution in [1.29, 1.82) is 0 Å². The predicted molar refractivity (Wildman–Crippen MR) is 79.4 cm³/mol. The van der Waals surface area contributed by atoms with Crippen molar-refractivity contribution >= 4 is 5.78 Å². The molecule has 108 valence electrons. The van der Waals surface area contributed by atoms with E-state index in [4.69, 9.17) is 4.74 Å². The van der Waals surface area contributed by atoms with Crippen LogP contribution in [0.1, 0.15) is 40.2 Å². The highest BCUT2D eigenvalue weighted by Gasteiger charge is 2.24. The molecule has 1 aliphatic rings. The summed E-state index contributed by atoms with van der Waals surface area (Å²) in [5.74, 6) is 0.632. The van der Waals surface area contributed by atoms with E-state index in [0.29, 0.717) is 18.6 Å². The van der Waals surface area contributed by atoms with E-state index in [1.54, 1.807) is 13.0 Å². The average Bonchev–Trinajstić information content (AvgIpc) is 2.46. The van der Waals surface area contributed by atoms with Crippen LogP contribution in [0.2, 0.25) is 0 Å². The summed E-state index contributed by atoms with van der Waals surface area (Å²) in [5.41, 5.74) is 2.30. The van der Waals surface area contributed by atoms with Gasteiger partial charge in [0, 0.05) is 12.0 Å². The van der Waals surface area contributed by atoms with Gasteiger partial charge in [-0.1, -0.05) is 18.2 Å². The minimum absolute atomic E-state index is 0.0145. The van der Waals surface area contributed by atoms with Crippen molar-refractivity contribution in [3.8, 4) is 5.75 Å². The van der Waals surface area contributed by atoms with Crippen molar-refractivity contribution in [2.24, 2.45) is 0 Å². The first-order valence-electron chi connectivity index (χ1n) is 7.15. The minimum atomic E-state index is -0.356. The number of para-hydroxylation sites is 1. The molecule has 0 saturated carbocycles. The van der Waals surface area contributed by atoms with Gasteiger partial charge in [-0.2, -0.15) is 0 Å². The number of rotatable bonds is 3. The van der Waals surface area contributed by atoms with Crippen molar-refractivity contribution in [2.45, 2.75) is 25.7 Å². The standard InChI is InChI=1S/C18H17FO2/c1-12-8-14(10-15(19)9-12)17(20)11-13-6-7-21-18-5-3-2-4-16(13)18/h2-5,8-10,13H,6-7,11H2,1H3. The Morgan fingerprint density at radius 3 is 2.90 bits per heavy atom. The van der Waals surface area contributed by atoms with Crippen LogP contribution >= 0.6 is 0 Å². The summed E-state index contributed by atoms with van der Waals surface area (Å²) in [5, 5.41) is 0. The van der Waals surface area contributed by atoms with Gasteiger partial charge in [0.2, 0.25) is 0 Å². The molecule has 1 atom stereocenters. The molecule has 1 unspecified atom stereocenters. The lowest BCUT2D eigenvalue weighted by Gasteiger charge is -2.25. The van der Waals surface area contributed by atoms with Crippen LogP contribution in [-0.4, -0.2) is 12.4 Å². The molecule has 0 aromatic heterocycles. The van der Waals surface area contributed by atoms with E-state index in [-0.39, 0.29) is 17.5 Å². The number of carbonyl (C=O) groups excluding carboxylic acids is 1. The molecule has 0 fully saturated rings. The molecule has 0 radical (unpaired) electrons. The Bertz CT molecular complexity index is 658. The number of hydrogen-bond donors (Lipinski definition) is 0. The summed E-state index contributed by atoms with van der Waals surface area (Å²) < 4.78 is 19.0. The molecule has 3 rings (SSSR count). The molecule has 1 aliphatic heterocycles. The summed E-state index contributed by atoms with van der Waals surface area (Å²) in [6, 6.07) is 12.3. The molecule has 0 saturated heterocycles. The van der Waals surface area contributed by atoms with Crippen molar-refractivity contribution in [2.75, 3.05) is 6.61 Å². The fourth-order valence-corrected chi connectivity index (χ4v) is 2.87. The number of fused-ring (bicyclic) bond motifs is 1. The highest BCUT2D eigenvalue weighted by molar-refractivity contribution is 5.96. The number of benzene rings is 2. The number of carbonyl (C=O) groups is 1. The fourth-order valence-electron chi connectivity index (χ4n) is 2.87. The maximum atomic E-state index is 13.4. The molecule has 0 aliphatic carbocycles. The van der Waals surface area contributed by atoms with E-state index in [1.807, 2.05) is 24.3 Å². The van der Waals surface area contributed by atoms with Crippen LogP contribution in [0.3, 0.4) is 0 Å². The largest absolute Gasteiger partial charge is 0.493 e. The van der Waals surface area contributed by atoms with Crippen LogP contribution < -0.4 is 4.74 Å². The van der Waals surface area contributed by atoms with E-state index in [2.05, 4.69) is 0 Å². The summed E-state index contributed by atoms with van der Waals surface area (Å²) in [7, 11) is 0. The highest BCUT2D eigenvalue weighted by atomic mass is 19.1. The van der Waals surface area contributed by atoms with Gasteiger partial charge in [-0.25, -0.2) is 4.39 Å². The minimum Gasteiger partial charge on any atom is -0.493 e. The summed E-state index contributed by atoms with van der Waals surface area (Å²) in [6.07, 6.45) is 1.21. The molecule has 0 N–H and O–H groups in total. The van der Waals surface area contributed by atoms with Gasteiger partial charge in [-0.15, -0.1) is 0 Å². The fraction of sp³-hybridized carbons (Fsp3) is 0.278. The first-order chi connectivity index (χ1) is 10.1. The van der Waals surface area contributed by atoms with Crippen molar-refractivity contribution in [3.63, 3.8) is 0 Å². The first-order valence-corrected chi connectivity index (χ1v) is 7.15. The third-order valence-corrected chi connectivity index (χ3v) is 3.88. The molecule has 0 bridgehead atoms. The zero-order valence-electron chi connectivity index (χ0n) is 11.9. The quantitative estimate of drug-likeness (QED) is 0.787. The Kier molecular flexibility index (Phi) is 3.74. The second kappa shape index (κ2) is 5.68. The van der Waals surface area contributed by atoms with Crippen LogP contribution in [0.15, 0.2) is 42.5 Å². The van der Waals surface area contributed by atoms with Crippen molar-refractivity contribution < 1.29 is 13.9 Å². The van der Waals surface area contributed by atoms with Gasteiger partial charge in [-0.05, 0) is 54.7 Å². The maximum absolute atomic E-state index is 13.4. The van der Waals surface area contributed by atoms with Gasteiger partial charge in [0.1, 0.15) is 11.6 Å². The van der Waals surface area contributed by atoms with E-state index >= 15 is 0 Å². The molecule has 2 aromatic carbocycles. The number of ketones is 1. The number of ether oxygens (including phenoxy) is 1. The molecule has 3 heteroatoms. The third-order valence-electron chi connectivity index (χ3n) is 3.88. The molecule has 1 heterocycles. The van der Waals surface area contributed by atoms with Crippen LogP contribution in [-0.2, 0) is 0 Å². The average molecular weight is 284 g/mol. The van der Waals surface area contributed by atoms with Crippen molar-refractivity contribution in [3.05, 3.63) is 65.0 Å². The topological polar surface area (TPSA) is 26.3 Å². The number of hydrogen-bond acceptors (Lipinski definition) is 2. The van der Waals surface area contributed by atoms with Crippen LogP contribution in [0, 0.1) is 12.7 Å². The lowest BCUT2D eigenvalue weighted by atomic mass is 9.87. The Morgan fingerprint density at radius 1 is 1.29 bits per heavy atom. The summed E-state index contributed by atoms with van der Waals surface area (Å²) in [4.78, 5) is 12.4. The van der Waals surface area contributed by atoms with Crippen LogP contribution in [0.25, 0.3) is 0 Å². The molecule has 0 spiro atoms. The van der Waals surface area contributed by atoms with Crippen LogP contribution in [0.5, 0.6) is 5.75 Å². The zero-order chi connectivity index (χ0) is 14.8. The van der Waals surface area contributed by atoms with Crippen LogP contribution in [0.4, 0.5) is 4.39 Å². The van der Waals surface area contributed by atoms with E-state index in [0.717, 1.165) is 23.3 Å². The van der Waals surface area contributed by atoms with Gasteiger partial charge in [0.05, 0.1) is 6.61 Å². The van der Waals surface area contributed by atoms with Gasteiger partial charge >= 0.3 is 0 Å². The summed E-state index contributed by atoms with van der Waals surface area (Å²) in [6.45, 7) is 2.42. The Morgan fingerprint density at radius 2 is 2.10 bits per heavy atom. The zero-order valence-corrected chi connectivity index (χ0v) is 11.9. The highest BCUT2D eigenvalue weighted by Crippen LogP contribution is 2.36. The molecule has 2 aromatic rings. The second-order valence-corrected chi connectivity index (χ2v) is 5.52. The molecule has 21 heavy (non-hydrogen) atoms. The maximum Gasteiger partial charge on any atom is 0.163 e.